The largest absolute Gasteiger partial charge is 0.319 e. The maximum absolute atomic E-state index is 13.2. The molecule has 0 heterocycles. The van der Waals surface area contributed by atoms with Gasteiger partial charge in [-0.2, -0.15) is 0 Å². The molecule has 0 amide bonds. The molecule has 0 aliphatic heterocycles. The van der Waals surface area contributed by atoms with Crippen LogP contribution < -0.4 is 5.32 Å². The smallest absolute Gasteiger partial charge is 0.126 e. The average molecular weight is 252 g/mol. The van der Waals surface area contributed by atoms with Crippen molar-refractivity contribution in [2.24, 2.45) is 5.92 Å². The Morgan fingerprint density at radius 1 is 1.39 bits per heavy atom. The van der Waals surface area contributed by atoms with E-state index >= 15 is 0 Å². The van der Waals surface area contributed by atoms with Gasteiger partial charge in [0.25, 0.3) is 0 Å². The first kappa shape index (κ1) is 15.1. The normalized spacial score (nSPS) is 13.0. The number of nitrogens with one attached hydrogen (secondary N) is 1. The van der Waals surface area contributed by atoms with Gasteiger partial charge >= 0.3 is 0 Å². The molecule has 1 rings (SSSR count). The molecule has 0 aliphatic rings. The van der Waals surface area contributed by atoms with Crippen molar-refractivity contribution in [3.8, 4) is 0 Å². The van der Waals surface area contributed by atoms with E-state index in [1.165, 1.54) is 12.0 Å². The summed E-state index contributed by atoms with van der Waals surface area (Å²) in [5.41, 5.74) is 1.90. The van der Waals surface area contributed by atoms with Crippen molar-refractivity contribution in [2.45, 2.75) is 26.8 Å². The predicted molar refractivity (Wildman–Crippen MR) is 75.2 cm³/mol. The van der Waals surface area contributed by atoms with E-state index in [0.717, 1.165) is 25.2 Å². The summed E-state index contributed by atoms with van der Waals surface area (Å²) in [6.07, 6.45) is 1.17. The van der Waals surface area contributed by atoms with E-state index in [2.05, 4.69) is 24.2 Å². The van der Waals surface area contributed by atoms with Crippen LogP contribution in [0.3, 0.4) is 0 Å². The molecule has 0 spiro atoms. The molecule has 0 aromatic heterocycles. The number of hydrogen-bond donors (Lipinski definition) is 1. The summed E-state index contributed by atoms with van der Waals surface area (Å²) in [7, 11) is 4.11. The van der Waals surface area contributed by atoms with E-state index in [1.807, 2.05) is 26.1 Å². The van der Waals surface area contributed by atoms with Crippen molar-refractivity contribution < 1.29 is 4.39 Å². The molecule has 18 heavy (non-hydrogen) atoms. The molecule has 0 aliphatic carbocycles. The first-order chi connectivity index (χ1) is 8.56. The maximum atomic E-state index is 13.2. The number of halogens is 1. The Hall–Kier alpha value is -0.930. The van der Waals surface area contributed by atoms with E-state index < -0.39 is 0 Å². The number of aryl methyl sites for hydroxylation is 1. The first-order valence-corrected chi connectivity index (χ1v) is 6.65. The molecule has 1 aromatic carbocycles. The average Bonchev–Trinajstić information content (AvgIpc) is 2.33. The Morgan fingerprint density at radius 3 is 2.67 bits per heavy atom. The van der Waals surface area contributed by atoms with Gasteiger partial charge < -0.3 is 10.2 Å². The first-order valence-electron chi connectivity index (χ1n) is 6.65. The zero-order chi connectivity index (χ0) is 13.5. The maximum Gasteiger partial charge on any atom is 0.126 e. The Balaban J connectivity index is 2.52. The number of nitrogens with zero attached hydrogens (tertiary/aromatic N) is 1. The molecule has 0 bridgehead atoms. The van der Waals surface area contributed by atoms with Crippen LogP contribution in [0.5, 0.6) is 0 Å². The molecule has 102 valence electrons. The highest BCUT2D eigenvalue weighted by Gasteiger charge is 2.09. The van der Waals surface area contributed by atoms with Crippen LogP contribution in [0.15, 0.2) is 18.2 Å². The van der Waals surface area contributed by atoms with Gasteiger partial charge in [-0.3, -0.25) is 0 Å². The molecule has 2 nitrogen and oxygen atoms in total. The van der Waals surface area contributed by atoms with Crippen molar-refractivity contribution >= 4 is 0 Å². The lowest BCUT2D eigenvalue weighted by atomic mass is 10.1. The van der Waals surface area contributed by atoms with Gasteiger partial charge in [0, 0.05) is 13.1 Å². The zero-order valence-corrected chi connectivity index (χ0v) is 12.0. The summed E-state index contributed by atoms with van der Waals surface area (Å²) in [5.74, 6) is 0.546. The molecular formula is C15H25FN2. The quantitative estimate of drug-likeness (QED) is 0.803. The summed E-state index contributed by atoms with van der Waals surface area (Å²) in [6, 6.07) is 5.37. The fourth-order valence-corrected chi connectivity index (χ4v) is 2.25. The predicted octanol–water partition coefficient (Wildman–Crippen LogP) is 2.81. The lowest BCUT2D eigenvalue weighted by molar-refractivity contribution is 0.261. The molecule has 3 heteroatoms. The van der Waals surface area contributed by atoms with Crippen molar-refractivity contribution in [3.63, 3.8) is 0 Å². The molecular weight excluding hydrogens is 227 g/mol. The highest BCUT2D eigenvalue weighted by Crippen LogP contribution is 2.12. The van der Waals surface area contributed by atoms with Crippen LogP contribution in [0.2, 0.25) is 0 Å². The molecule has 0 saturated heterocycles. The fourth-order valence-electron chi connectivity index (χ4n) is 2.25. The third kappa shape index (κ3) is 4.75. The standard InChI is InChI=1S/C15H25FN2/c1-5-13(9-17-3)10-18(4)11-14-6-7-15(16)12(2)8-14/h6-8,13,17H,5,9-11H2,1-4H3. The van der Waals surface area contributed by atoms with Gasteiger partial charge in [0.1, 0.15) is 5.82 Å². The Bertz CT molecular complexity index is 366. The number of hydrogen-bond acceptors (Lipinski definition) is 2. The zero-order valence-electron chi connectivity index (χ0n) is 12.0. The van der Waals surface area contributed by atoms with E-state index in [-0.39, 0.29) is 5.82 Å². The van der Waals surface area contributed by atoms with Gasteiger partial charge in [0.05, 0.1) is 0 Å². The van der Waals surface area contributed by atoms with E-state index in [0.29, 0.717) is 5.92 Å². The molecule has 0 radical (unpaired) electrons. The molecule has 0 fully saturated rings. The Labute approximate surface area is 110 Å². The van der Waals surface area contributed by atoms with Crippen molar-refractivity contribution in [3.05, 3.63) is 35.1 Å². The second-order valence-corrected chi connectivity index (χ2v) is 5.11. The summed E-state index contributed by atoms with van der Waals surface area (Å²) in [6.45, 7) is 7.02. The van der Waals surface area contributed by atoms with Crippen LogP contribution in [0.1, 0.15) is 24.5 Å². The lowest BCUT2D eigenvalue weighted by Crippen LogP contribution is -2.30. The third-order valence-electron chi connectivity index (χ3n) is 3.31. The van der Waals surface area contributed by atoms with Gasteiger partial charge in [0.2, 0.25) is 0 Å². The SMILES string of the molecule is CCC(CNC)CN(C)Cc1ccc(F)c(C)c1. The van der Waals surface area contributed by atoms with Crippen LogP contribution in [-0.4, -0.2) is 32.1 Å². The summed E-state index contributed by atoms with van der Waals surface area (Å²) < 4.78 is 13.2. The second kappa shape index (κ2) is 7.49. The van der Waals surface area contributed by atoms with Crippen LogP contribution in [0.25, 0.3) is 0 Å². The molecule has 1 unspecified atom stereocenters. The van der Waals surface area contributed by atoms with Crippen molar-refractivity contribution in [2.75, 3.05) is 27.2 Å². The van der Waals surface area contributed by atoms with Gasteiger partial charge in [-0.25, -0.2) is 4.39 Å². The van der Waals surface area contributed by atoms with Crippen molar-refractivity contribution in [1.82, 2.24) is 10.2 Å². The topological polar surface area (TPSA) is 15.3 Å². The minimum absolute atomic E-state index is 0.122. The Kier molecular flexibility index (Phi) is 6.30. The van der Waals surface area contributed by atoms with Crippen LogP contribution >= 0.6 is 0 Å². The van der Waals surface area contributed by atoms with E-state index in [4.69, 9.17) is 0 Å². The van der Waals surface area contributed by atoms with Gasteiger partial charge in [0.15, 0.2) is 0 Å². The van der Waals surface area contributed by atoms with Gasteiger partial charge in [-0.15, -0.1) is 0 Å². The second-order valence-electron chi connectivity index (χ2n) is 5.11. The van der Waals surface area contributed by atoms with Crippen LogP contribution in [0, 0.1) is 18.7 Å². The lowest BCUT2D eigenvalue weighted by Gasteiger charge is -2.23. The monoisotopic (exact) mass is 252 g/mol. The van der Waals surface area contributed by atoms with E-state index in [1.54, 1.807) is 6.07 Å². The minimum atomic E-state index is -0.122. The van der Waals surface area contributed by atoms with Gasteiger partial charge in [-0.1, -0.05) is 25.5 Å². The fraction of sp³-hybridized carbons (Fsp3) is 0.600. The molecule has 1 aromatic rings. The number of benzene rings is 1. The highest BCUT2D eigenvalue weighted by atomic mass is 19.1. The third-order valence-corrected chi connectivity index (χ3v) is 3.31. The van der Waals surface area contributed by atoms with Gasteiger partial charge in [-0.05, 0) is 50.7 Å². The Morgan fingerprint density at radius 2 is 2.11 bits per heavy atom. The van der Waals surface area contributed by atoms with Crippen molar-refractivity contribution in [1.29, 1.82) is 0 Å². The summed E-state index contributed by atoms with van der Waals surface area (Å²) in [4.78, 5) is 2.30. The van der Waals surface area contributed by atoms with Crippen LogP contribution in [-0.2, 0) is 6.54 Å². The molecule has 1 atom stereocenters. The summed E-state index contributed by atoms with van der Waals surface area (Å²) in [5, 5.41) is 3.23. The highest BCUT2D eigenvalue weighted by molar-refractivity contribution is 5.23. The molecule has 1 N–H and O–H groups in total. The van der Waals surface area contributed by atoms with Crippen LogP contribution in [0.4, 0.5) is 4.39 Å². The van der Waals surface area contributed by atoms with E-state index in [9.17, 15) is 4.39 Å². The number of rotatable bonds is 7. The minimum Gasteiger partial charge on any atom is -0.319 e. The molecule has 0 saturated carbocycles. The summed E-state index contributed by atoms with van der Waals surface area (Å²) >= 11 is 0.